The van der Waals surface area contributed by atoms with Crippen LogP contribution in [0.2, 0.25) is 0 Å². The molecule has 0 aliphatic heterocycles. The summed E-state index contributed by atoms with van der Waals surface area (Å²) in [5, 5.41) is 8.77. The predicted octanol–water partition coefficient (Wildman–Crippen LogP) is 2.88. The van der Waals surface area contributed by atoms with Gasteiger partial charge in [-0.1, -0.05) is 12.1 Å². The van der Waals surface area contributed by atoms with E-state index < -0.39 is 5.97 Å². The minimum atomic E-state index is -0.831. The van der Waals surface area contributed by atoms with E-state index in [9.17, 15) is 4.79 Å². The van der Waals surface area contributed by atoms with E-state index in [1.54, 1.807) is 7.11 Å². The fraction of sp³-hybridized carbons (Fsp3) is 0.286. The Morgan fingerprint density at radius 1 is 1.45 bits per heavy atom. The smallest absolute Gasteiger partial charge is 0.303 e. The molecule has 106 valence electrons. The second-order valence-electron chi connectivity index (χ2n) is 4.32. The number of hydrogen-bond donors (Lipinski definition) is 1. The lowest BCUT2D eigenvalue weighted by molar-refractivity contribution is -0.137. The number of para-hydroxylation sites is 1. The van der Waals surface area contributed by atoms with Crippen molar-refractivity contribution in [1.82, 2.24) is 9.55 Å². The first-order valence-corrected chi connectivity index (χ1v) is 6.90. The molecule has 5 nitrogen and oxygen atoms in total. The molecule has 1 N–H and O–H groups in total. The van der Waals surface area contributed by atoms with E-state index in [1.807, 2.05) is 35.9 Å². The summed E-state index contributed by atoms with van der Waals surface area (Å²) >= 11 is 3.51. The van der Waals surface area contributed by atoms with E-state index in [1.165, 1.54) is 0 Å². The summed E-state index contributed by atoms with van der Waals surface area (Å²) in [7, 11) is 3.47. The SMILES string of the molecule is COc1ccccc1-c1nc(CCC(=O)O)n(C)c1Br. The Morgan fingerprint density at radius 3 is 2.80 bits per heavy atom. The third kappa shape index (κ3) is 2.85. The van der Waals surface area contributed by atoms with Crippen LogP contribution in [0.1, 0.15) is 12.2 Å². The van der Waals surface area contributed by atoms with Crippen LogP contribution in [0.4, 0.5) is 0 Å². The van der Waals surface area contributed by atoms with Crippen molar-refractivity contribution in [3.8, 4) is 17.0 Å². The lowest BCUT2D eigenvalue weighted by Crippen LogP contribution is -2.03. The first-order valence-electron chi connectivity index (χ1n) is 6.11. The lowest BCUT2D eigenvalue weighted by Gasteiger charge is -2.06. The summed E-state index contributed by atoms with van der Waals surface area (Å²) in [6, 6.07) is 7.60. The average molecular weight is 339 g/mol. The fourth-order valence-corrected chi connectivity index (χ4v) is 2.48. The molecule has 0 aliphatic carbocycles. The highest BCUT2D eigenvalue weighted by Gasteiger charge is 2.17. The molecule has 0 fully saturated rings. The lowest BCUT2D eigenvalue weighted by atomic mass is 10.1. The van der Waals surface area contributed by atoms with Gasteiger partial charge in [0.05, 0.1) is 13.5 Å². The van der Waals surface area contributed by atoms with E-state index in [-0.39, 0.29) is 6.42 Å². The molecule has 1 heterocycles. The summed E-state index contributed by atoms with van der Waals surface area (Å²) < 4.78 is 8.00. The number of halogens is 1. The van der Waals surface area contributed by atoms with E-state index >= 15 is 0 Å². The molecule has 20 heavy (non-hydrogen) atoms. The van der Waals surface area contributed by atoms with Gasteiger partial charge in [-0.3, -0.25) is 4.79 Å². The standard InChI is InChI=1S/C14H15BrN2O3/c1-17-11(7-8-12(18)19)16-13(14(17)15)9-5-3-4-6-10(9)20-2/h3-6H,7-8H2,1-2H3,(H,18,19). The second kappa shape index (κ2) is 6.09. The molecule has 1 aromatic carbocycles. The molecule has 0 bridgehead atoms. The molecule has 2 aromatic rings. The highest BCUT2D eigenvalue weighted by atomic mass is 79.9. The van der Waals surface area contributed by atoms with Gasteiger partial charge in [-0.25, -0.2) is 4.98 Å². The normalized spacial score (nSPS) is 10.6. The van der Waals surface area contributed by atoms with Crippen molar-refractivity contribution < 1.29 is 14.6 Å². The van der Waals surface area contributed by atoms with Crippen molar-refractivity contribution in [2.75, 3.05) is 7.11 Å². The van der Waals surface area contributed by atoms with Gasteiger partial charge in [0, 0.05) is 19.0 Å². The number of aromatic nitrogens is 2. The number of rotatable bonds is 5. The summed E-state index contributed by atoms with van der Waals surface area (Å²) in [5.41, 5.74) is 1.63. The number of imidazole rings is 1. The Hall–Kier alpha value is -1.82. The van der Waals surface area contributed by atoms with Crippen LogP contribution in [0.5, 0.6) is 5.75 Å². The third-order valence-electron chi connectivity index (χ3n) is 3.04. The topological polar surface area (TPSA) is 64.3 Å². The zero-order valence-electron chi connectivity index (χ0n) is 11.3. The zero-order valence-corrected chi connectivity index (χ0v) is 12.8. The van der Waals surface area contributed by atoms with Crippen LogP contribution in [0.25, 0.3) is 11.3 Å². The molecule has 0 saturated heterocycles. The van der Waals surface area contributed by atoms with E-state index in [2.05, 4.69) is 20.9 Å². The monoisotopic (exact) mass is 338 g/mol. The molecule has 0 radical (unpaired) electrons. The van der Waals surface area contributed by atoms with Gasteiger partial charge in [0.1, 0.15) is 21.9 Å². The first kappa shape index (κ1) is 14.6. The van der Waals surface area contributed by atoms with Gasteiger partial charge in [0.2, 0.25) is 0 Å². The second-order valence-corrected chi connectivity index (χ2v) is 5.07. The number of methoxy groups -OCH3 is 1. The molecule has 0 amide bonds. The third-order valence-corrected chi connectivity index (χ3v) is 3.95. The number of benzene rings is 1. The maximum Gasteiger partial charge on any atom is 0.303 e. The number of aryl methyl sites for hydroxylation is 1. The molecule has 1 aromatic heterocycles. The summed E-state index contributed by atoms with van der Waals surface area (Å²) in [6.45, 7) is 0. The van der Waals surface area contributed by atoms with Crippen LogP contribution in [0.3, 0.4) is 0 Å². The fourth-order valence-electron chi connectivity index (χ4n) is 1.98. The van der Waals surface area contributed by atoms with Crippen molar-refractivity contribution in [3.63, 3.8) is 0 Å². The van der Waals surface area contributed by atoms with Gasteiger partial charge in [0.25, 0.3) is 0 Å². The van der Waals surface area contributed by atoms with Crippen molar-refractivity contribution in [2.24, 2.45) is 7.05 Å². The Morgan fingerprint density at radius 2 is 2.15 bits per heavy atom. The maximum absolute atomic E-state index is 10.7. The van der Waals surface area contributed by atoms with Gasteiger partial charge < -0.3 is 14.4 Å². The number of carboxylic acid groups (broad SMARTS) is 1. The number of aliphatic carboxylic acids is 1. The van der Waals surface area contributed by atoms with Crippen LogP contribution < -0.4 is 4.74 Å². The van der Waals surface area contributed by atoms with Crippen LogP contribution in [0.15, 0.2) is 28.9 Å². The first-order chi connectivity index (χ1) is 9.54. The number of nitrogens with zero attached hydrogens (tertiary/aromatic N) is 2. The van der Waals surface area contributed by atoms with Crippen LogP contribution >= 0.6 is 15.9 Å². The Labute approximate surface area is 125 Å². The zero-order chi connectivity index (χ0) is 14.7. The van der Waals surface area contributed by atoms with Gasteiger partial charge in [-0.05, 0) is 28.1 Å². The number of carboxylic acids is 1. The van der Waals surface area contributed by atoms with Crippen LogP contribution in [-0.2, 0) is 18.3 Å². The molecule has 0 unspecified atom stereocenters. The quantitative estimate of drug-likeness (QED) is 0.910. The molecule has 0 atom stereocenters. The van der Waals surface area contributed by atoms with E-state index in [0.29, 0.717) is 6.42 Å². The minimum Gasteiger partial charge on any atom is -0.496 e. The number of ether oxygens (including phenoxy) is 1. The summed E-state index contributed by atoms with van der Waals surface area (Å²) in [6.07, 6.45) is 0.447. The largest absolute Gasteiger partial charge is 0.496 e. The van der Waals surface area contributed by atoms with Gasteiger partial charge in [0.15, 0.2) is 0 Å². The van der Waals surface area contributed by atoms with E-state index in [0.717, 1.165) is 27.4 Å². The van der Waals surface area contributed by atoms with Crippen molar-refractivity contribution in [3.05, 3.63) is 34.7 Å². The maximum atomic E-state index is 10.7. The Kier molecular flexibility index (Phi) is 4.44. The molecule has 6 heteroatoms. The van der Waals surface area contributed by atoms with Crippen molar-refractivity contribution >= 4 is 21.9 Å². The molecular formula is C14H15BrN2O3. The molecule has 0 aliphatic rings. The summed E-state index contributed by atoms with van der Waals surface area (Å²) in [4.78, 5) is 15.2. The van der Waals surface area contributed by atoms with Gasteiger partial charge in [-0.2, -0.15) is 0 Å². The van der Waals surface area contributed by atoms with Crippen molar-refractivity contribution in [1.29, 1.82) is 0 Å². The van der Waals surface area contributed by atoms with Gasteiger partial charge in [-0.15, -0.1) is 0 Å². The average Bonchev–Trinajstić information content (AvgIpc) is 2.73. The predicted molar refractivity (Wildman–Crippen MR) is 78.9 cm³/mol. The van der Waals surface area contributed by atoms with Crippen molar-refractivity contribution in [2.45, 2.75) is 12.8 Å². The van der Waals surface area contributed by atoms with Crippen LogP contribution in [-0.4, -0.2) is 27.7 Å². The minimum absolute atomic E-state index is 0.0582. The van der Waals surface area contributed by atoms with Gasteiger partial charge >= 0.3 is 5.97 Å². The molecule has 0 saturated carbocycles. The Balaban J connectivity index is 2.42. The molecule has 0 spiro atoms. The van der Waals surface area contributed by atoms with Crippen LogP contribution in [0, 0.1) is 0 Å². The highest BCUT2D eigenvalue weighted by Crippen LogP contribution is 2.34. The van der Waals surface area contributed by atoms with E-state index in [4.69, 9.17) is 9.84 Å². The molecule has 2 rings (SSSR count). The number of carbonyl (C=O) groups is 1. The number of hydrogen-bond acceptors (Lipinski definition) is 3. The Bertz CT molecular complexity index is 637. The molecular weight excluding hydrogens is 324 g/mol. The summed E-state index contributed by atoms with van der Waals surface area (Å²) in [5.74, 6) is 0.624. The highest BCUT2D eigenvalue weighted by molar-refractivity contribution is 9.10.